The first kappa shape index (κ1) is 17.9. The highest BCUT2D eigenvalue weighted by molar-refractivity contribution is 8.44. The van der Waals surface area contributed by atoms with Crippen LogP contribution in [-0.2, 0) is 5.41 Å². The third-order valence-electron chi connectivity index (χ3n) is 4.07. The third kappa shape index (κ3) is 3.65. The number of ether oxygens (including phenoxy) is 1. The lowest BCUT2D eigenvalue weighted by Crippen LogP contribution is -2.11. The molecule has 0 saturated heterocycles. The molecule has 27 heavy (non-hydrogen) atoms. The number of nitrogens with zero attached hydrogens (tertiary/aromatic N) is 6. The Kier molecular flexibility index (Phi) is 4.56. The summed E-state index contributed by atoms with van der Waals surface area (Å²) in [6.45, 7) is 6.58. The number of hydrogen-bond donors (Lipinski definition) is 0. The average Bonchev–Trinajstić information content (AvgIpc) is 3.26. The third-order valence-corrected chi connectivity index (χ3v) is 6.93. The van der Waals surface area contributed by atoms with Gasteiger partial charge in [0.05, 0.1) is 18.2 Å². The Morgan fingerprint density at radius 3 is 2.56 bits per heavy atom. The molecule has 0 bridgehead atoms. The monoisotopic (exact) mass is 399 g/mol. The number of tetrazole rings is 1. The van der Waals surface area contributed by atoms with Gasteiger partial charge in [0.2, 0.25) is 22.3 Å². The summed E-state index contributed by atoms with van der Waals surface area (Å²) in [7, 11) is 2.68. The van der Waals surface area contributed by atoms with Crippen LogP contribution in [0.4, 0.5) is 0 Å². The molecule has 1 unspecified atom stereocenters. The molecule has 0 amide bonds. The van der Waals surface area contributed by atoms with Gasteiger partial charge in [0.25, 0.3) is 5.16 Å². The first-order valence-electron chi connectivity index (χ1n) is 8.36. The van der Waals surface area contributed by atoms with E-state index < -0.39 is 9.70 Å². The van der Waals surface area contributed by atoms with Crippen LogP contribution in [0.5, 0.6) is 5.88 Å². The highest BCUT2D eigenvalue weighted by Gasteiger charge is 2.22. The lowest BCUT2D eigenvalue weighted by atomic mass is 9.87. The number of rotatable bonds is 4. The molecular formula is C18H19N6OS2+. The summed E-state index contributed by atoms with van der Waals surface area (Å²) in [4.78, 5) is 4.38. The molecule has 1 atom stereocenters. The van der Waals surface area contributed by atoms with E-state index in [-0.39, 0.29) is 5.41 Å². The SMILES string of the molecule is COc1ccc2c[s+](Sc3nnnn3-c3ccc(C(C)(C)C)cc3)nc2n1. The fraction of sp³-hybridized carbons (Fsp3) is 0.278. The molecular weight excluding hydrogens is 380 g/mol. The van der Waals surface area contributed by atoms with Gasteiger partial charge in [0.15, 0.2) is 15.1 Å². The Morgan fingerprint density at radius 1 is 1.07 bits per heavy atom. The van der Waals surface area contributed by atoms with Gasteiger partial charge in [-0.3, -0.25) is 0 Å². The van der Waals surface area contributed by atoms with Crippen LogP contribution >= 0.6 is 20.5 Å². The van der Waals surface area contributed by atoms with Crippen molar-refractivity contribution >= 4 is 31.5 Å². The molecule has 0 aliphatic carbocycles. The van der Waals surface area contributed by atoms with Crippen molar-refractivity contribution < 1.29 is 4.74 Å². The van der Waals surface area contributed by atoms with Gasteiger partial charge >= 0.3 is 0 Å². The van der Waals surface area contributed by atoms with Gasteiger partial charge in [-0.05, 0) is 44.0 Å². The van der Waals surface area contributed by atoms with Crippen molar-refractivity contribution in [2.75, 3.05) is 7.11 Å². The molecule has 0 saturated carbocycles. The molecule has 0 aliphatic rings. The number of methoxy groups -OCH3 is 1. The molecule has 0 aliphatic heterocycles. The maximum Gasteiger partial charge on any atom is 0.273 e. The number of hydrogen-bond acceptors (Lipinski definition) is 7. The molecule has 1 aromatic carbocycles. The van der Waals surface area contributed by atoms with Crippen molar-refractivity contribution in [2.24, 2.45) is 0 Å². The second-order valence-corrected chi connectivity index (χ2v) is 10.0. The van der Waals surface area contributed by atoms with Crippen molar-refractivity contribution in [3.05, 3.63) is 47.3 Å². The molecule has 3 heterocycles. The normalized spacial score (nSPS) is 12.5. The van der Waals surface area contributed by atoms with E-state index in [2.05, 4.69) is 63.2 Å². The van der Waals surface area contributed by atoms with E-state index >= 15 is 0 Å². The molecule has 0 radical (unpaired) electrons. The van der Waals surface area contributed by atoms with Crippen LogP contribution in [0.25, 0.3) is 16.7 Å². The van der Waals surface area contributed by atoms with Gasteiger partial charge in [-0.25, -0.2) is 0 Å². The molecule has 9 heteroatoms. The van der Waals surface area contributed by atoms with Crippen LogP contribution in [0.15, 0.2) is 46.9 Å². The van der Waals surface area contributed by atoms with Crippen LogP contribution in [-0.4, -0.2) is 36.7 Å². The molecule has 4 aromatic rings. The summed E-state index contributed by atoms with van der Waals surface area (Å²) in [5.74, 6) is 0.560. The van der Waals surface area contributed by atoms with Crippen molar-refractivity contribution in [3.63, 3.8) is 0 Å². The molecule has 3 aromatic heterocycles. The first-order valence-corrected chi connectivity index (χ1v) is 10.9. The van der Waals surface area contributed by atoms with Crippen LogP contribution in [0.1, 0.15) is 26.3 Å². The van der Waals surface area contributed by atoms with E-state index in [0.29, 0.717) is 16.7 Å². The summed E-state index contributed by atoms with van der Waals surface area (Å²) in [5.41, 5.74) is 3.00. The zero-order valence-corrected chi connectivity index (χ0v) is 17.1. The fourth-order valence-electron chi connectivity index (χ4n) is 2.56. The highest BCUT2D eigenvalue weighted by atomic mass is 33.1. The van der Waals surface area contributed by atoms with E-state index in [4.69, 9.17) is 4.74 Å². The zero-order valence-electron chi connectivity index (χ0n) is 15.4. The second-order valence-electron chi connectivity index (χ2n) is 7.01. The van der Waals surface area contributed by atoms with Crippen LogP contribution < -0.4 is 4.74 Å². The predicted molar refractivity (Wildman–Crippen MR) is 108 cm³/mol. The van der Waals surface area contributed by atoms with Gasteiger partial charge in [0.1, 0.15) is 0 Å². The average molecular weight is 400 g/mol. The maximum absolute atomic E-state index is 5.17. The fourth-order valence-corrected chi connectivity index (χ4v) is 5.40. The van der Waals surface area contributed by atoms with Crippen LogP contribution in [0.2, 0.25) is 0 Å². The van der Waals surface area contributed by atoms with Crippen molar-refractivity contribution in [3.8, 4) is 11.6 Å². The van der Waals surface area contributed by atoms with Crippen molar-refractivity contribution in [2.45, 2.75) is 31.3 Å². The van der Waals surface area contributed by atoms with Gasteiger partial charge in [-0.15, -0.1) is 0 Å². The van der Waals surface area contributed by atoms with E-state index in [0.717, 1.165) is 11.1 Å². The quantitative estimate of drug-likeness (QED) is 0.375. The number of benzene rings is 1. The number of aromatic nitrogens is 6. The Bertz CT molecular complexity index is 1080. The van der Waals surface area contributed by atoms with Gasteiger partial charge in [-0.2, -0.15) is 9.67 Å². The molecule has 0 N–H and O–H groups in total. The Labute approximate surface area is 163 Å². The molecule has 7 nitrogen and oxygen atoms in total. The largest absolute Gasteiger partial charge is 0.481 e. The van der Waals surface area contributed by atoms with Crippen LogP contribution in [0.3, 0.4) is 0 Å². The van der Waals surface area contributed by atoms with Crippen molar-refractivity contribution in [1.29, 1.82) is 0 Å². The smallest absolute Gasteiger partial charge is 0.273 e. The summed E-state index contributed by atoms with van der Waals surface area (Å²) in [6.07, 6.45) is 0. The van der Waals surface area contributed by atoms with Crippen LogP contribution in [0, 0.1) is 0 Å². The zero-order chi connectivity index (χ0) is 19.0. The Balaban J connectivity index is 1.62. The van der Waals surface area contributed by atoms with Gasteiger partial charge < -0.3 is 4.74 Å². The lowest BCUT2D eigenvalue weighted by Gasteiger charge is -2.19. The van der Waals surface area contributed by atoms with Gasteiger partial charge in [0, 0.05) is 6.07 Å². The number of fused-ring (bicyclic) bond motifs is 1. The second kappa shape index (κ2) is 6.90. The topological polar surface area (TPSA) is 78.6 Å². The first-order chi connectivity index (χ1) is 12.9. The van der Waals surface area contributed by atoms with E-state index in [1.807, 2.05) is 24.3 Å². The van der Waals surface area contributed by atoms with E-state index in [9.17, 15) is 0 Å². The van der Waals surface area contributed by atoms with E-state index in [1.165, 1.54) is 16.4 Å². The Morgan fingerprint density at radius 2 is 1.85 bits per heavy atom. The number of pyridine rings is 1. The summed E-state index contributed by atoms with van der Waals surface area (Å²) in [5, 5.41) is 15.9. The minimum absolute atomic E-state index is 0.107. The molecule has 0 spiro atoms. The van der Waals surface area contributed by atoms with E-state index in [1.54, 1.807) is 11.8 Å². The standard InChI is InChI=1S/C18H19N6OS2/c1-18(2,3)13-6-8-14(9-7-13)24-17(20-22-23-24)26-27-11-12-5-10-15(25-4)19-16(12)21-27/h5-11H,1-4H3/q+1. The molecule has 138 valence electrons. The maximum atomic E-state index is 5.17. The predicted octanol–water partition coefficient (Wildman–Crippen LogP) is 4.22. The summed E-state index contributed by atoms with van der Waals surface area (Å²) in [6, 6.07) is 12.1. The summed E-state index contributed by atoms with van der Waals surface area (Å²) >= 11 is 0. The lowest BCUT2D eigenvalue weighted by molar-refractivity contribution is 0.399. The van der Waals surface area contributed by atoms with Crippen molar-refractivity contribution in [1.82, 2.24) is 29.6 Å². The minimum atomic E-state index is -0.431. The highest BCUT2D eigenvalue weighted by Crippen LogP contribution is 2.39. The minimum Gasteiger partial charge on any atom is -0.481 e. The molecule has 0 fully saturated rings. The van der Waals surface area contributed by atoms with Gasteiger partial charge in [-0.1, -0.05) is 38.0 Å². The summed E-state index contributed by atoms with van der Waals surface area (Å²) < 4.78 is 11.6. The Hall–Kier alpha value is -2.52. The molecule has 4 rings (SSSR count).